The normalized spacial score (nSPS) is 16.3. The third-order valence-corrected chi connectivity index (χ3v) is 24.0. The van der Waals surface area contributed by atoms with E-state index in [1.165, 1.54) is 192 Å². The van der Waals surface area contributed by atoms with Gasteiger partial charge in [0, 0.05) is 110 Å². The monoisotopic (exact) mass is 1570 g/mol. The Kier molecular flexibility index (Phi) is 26.6. The number of hydrogen-bond acceptors (Lipinski definition) is 12. The van der Waals surface area contributed by atoms with Gasteiger partial charge in [0.05, 0.1) is 79.4 Å². The molecule has 0 aromatic heterocycles. The summed E-state index contributed by atoms with van der Waals surface area (Å²) in [5.74, 6) is -2.19. The molecule has 8 aromatic rings. The van der Waals surface area contributed by atoms with Gasteiger partial charge in [-0.3, -0.25) is 39.1 Å². The lowest BCUT2D eigenvalue weighted by Gasteiger charge is -2.21. The lowest BCUT2D eigenvalue weighted by Crippen LogP contribution is -2.19. The molecular weight excluding hydrogens is 1460 g/mol. The Morgan fingerprint density at radius 3 is 0.836 bits per heavy atom. The number of aliphatic imine (C=N–C) groups is 4. The Bertz CT molecular complexity index is 4970. The highest BCUT2D eigenvalue weighted by Gasteiger charge is 2.33. The molecule has 0 radical (unpaired) electrons. The molecule has 4 fully saturated rings. The highest BCUT2D eigenvalue weighted by atomic mass is 19.1. The molecule has 4 amide bonds. The zero-order chi connectivity index (χ0) is 82.2. The summed E-state index contributed by atoms with van der Waals surface area (Å²) in [4.78, 5) is 78.5. The number of carbonyl (C=O) groups excluding carboxylic acids is 4. The van der Waals surface area contributed by atoms with Gasteiger partial charge in [-0.15, -0.1) is 0 Å². The number of fused-ring (bicyclic) bond motifs is 4. The molecule has 16 nitrogen and oxygen atoms in total. The van der Waals surface area contributed by atoms with Crippen molar-refractivity contribution < 1.29 is 36.7 Å². The number of nitrogens with one attached hydrogen (secondary N) is 4. The molecule has 8 aliphatic rings. The summed E-state index contributed by atoms with van der Waals surface area (Å²) in [6.45, 7) is 7.21. The second-order valence-corrected chi connectivity index (χ2v) is 33.8. The maximum absolute atomic E-state index is 14.3. The molecule has 0 spiro atoms. The van der Waals surface area contributed by atoms with E-state index in [9.17, 15) is 36.7 Å². The van der Waals surface area contributed by atoms with Gasteiger partial charge < -0.3 is 40.9 Å². The standard InChI is InChI=1S/C24H27F2N3O.2C24H28FN3O.C24H29N3O/c1-14-9-17(25)23(18(26)10-14)24(30)28-21-13-20-16(12-22(21)29(2)3)11-19(27-20)15-7-5-4-6-8-15;2*1-15-9-10-18(19(25)11-15)24(29)27-22-14-21-17(13-23(22)28(2)3)12-20(26-21)16-7-5-4-6-8-16;1-16-9-11-18(12-10-16)24(28)26-22-15-21-19(14-23(22)27(2)3)13-20(25-21)17-7-5-4-6-8-17/h9-10,12-13,15H,4-8,11H2,1-3H3,(H,28,30);2*9-11,13-14,16H,4-8,12H2,1-3H3,(H,27,29);9-12,14-15,17H,4-8,13H2,1-3H3,(H,26,28). The second-order valence-electron chi connectivity index (χ2n) is 33.8. The van der Waals surface area contributed by atoms with Crippen LogP contribution in [0.15, 0.2) is 141 Å². The SMILES string of the molecule is Cc1cc(F)c(C(=O)Nc2cc3c(cc2N(C)C)CC(C2CCCCC2)=N3)c(F)c1.Cc1ccc(C(=O)Nc2cc3c(cc2N(C)C)CC(C2CCCCC2)=N3)c(F)c1.Cc1ccc(C(=O)Nc2cc3c(cc2N(C)C)CC(C2CCCCC2)=N3)c(F)c1.Cc1ccc(C(=O)Nc2cc3c(cc2N(C)C)CC(C2CCCCC2)=N3)cc1. The minimum atomic E-state index is -0.866. The van der Waals surface area contributed by atoms with Gasteiger partial charge in [-0.1, -0.05) is 107 Å². The quantitative estimate of drug-likeness (QED) is 0.0690. The first-order valence-electron chi connectivity index (χ1n) is 41.7. The van der Waals surface area contributed by atoms with Crippen LogP contribution < -0.4 is 40.9 Å². The molecule has 0 saturated heterocycles. The van der Waals surface area contributed by atoms with Crippen molar-refractivity contribution in [2.24, 2.45) is 43.6 Å². The fraction of sp³-hybridized carbons (Fsp3) is 0.417. The van der Waals surface area contributed by atoms with E-state index in [-0.39, 0.29) is 17.0 Å². The van der Waals surface area contributed by atoms with E-state index in [1.807, 2.05) is 133 Å². The number of anilines is 8. The van der Waals surface area contributed by atoms with Crippen LogP contribution in [0.1, 0.15) is 214 Å². The smallest absolute Gasteiger partial charge is 0.261 e. The lowest BCUT2D eigenvalue weighted by molar-refractivity contribution is 0.101. The largest absolute Gasteiger partial charge is 0.376 e. The molecule has 4 N–H and O–H groups in total. The Labute approximate surface area is 681 Å². The summed E-state index contributed by atoms with van der Waals surface area (Å²) in [5, 5.41) is 11.6. The van der Waals surface area contributed by atoms with E-state index in [0.717, 1.165) is 111 Å². The Morgan fingerprint density at radius 2 is 0.560 bits per heavy atom. The Hall–Kier alpha value is -10.8. The summed E-state index contributed by atoms with van der Waals surface area (Å²) >= 11 is 0. The average molecular weight is 1570 g/mol. The fourth-order valence-electron chi connectivity index (χ4n) is 17.6. The van der Waals surface area contributed by atoms with Crippen LogP contribution in [-0.4, -0.2) is 103 Å². The van der Waals surface area contributed by atoms with E-state index in [2.05, 4.69) is 44.4 Å². The molecule has 4 aliphatic carbocycles. The summed E-state index contributed by atoms with van der Waals surface area (Å²) in [6, 6.07) is 35.5. The lowest BCUT2D eigenvalue weighted by atomic mass is 9.84. The van der Waals surface area contributed by atoms with Crippen molar-refractivity contribution in [3.8, 4) is 0 Å². The number of carbonyl (C=O) groups is 4. The van der Waals surface area contributed by atoms with E-state index < -0.39 is 46.6 Å². The van der Waals surface area contributed by atoms with Crippen LogP contribution >= 0.6 is 0 Å². The van der Waals surface area contributed by atoms with Crippen molar-refractivity contribution in [2.75, 3.05) is 97.2 Å². The van der Waals surface area contributed by atoms with Crippen LogP contribution in [0.4, 0.5) is 85.8 Å². The number of rotatable bonds is 16. The molecule has 4 aliphatic heterocycles. The molecule has 16 rings (SSSR count). The highest BCUT2D eigenvalue weighted by molar-refractivity contribution is 6.11. The van der Waals surface area contributed by atoms with Crippen molar-refractivity contribution in [1.29, 1.82) is 0 Å². The van der Waals surface area contributed by atoms with Crippen LogP contribution in [0.2, 0.25) is 0 Å². The molecule has 0 unspecified atom stereocenters. The minimum Gasteiger partial charge on any atom is -0.376 e. The zero-order valence-electron chi connectivity index (χ0n) is 69.5. The number of nitrogens with zero attached hydrogens (tertiary/aromatic N) is 8. The first kappa shape index (κ1) is 83.2. The van der Waals surface area contributed by atoms with E-state index in [0.29, 0.717) is 51.9 Å². The Balaban J connectivity index is 0.000000135. The number of halogens is 4. The number of benzene rings is 8. The fourth-order valence-corrected chi connectivity index (χ4v) is 17.6. The van der Waals surface area contributed by atoms with E-state index in [1.54, 1.807) is 32.9 Å². The molecule has 116 heavy (non-hydrogen) atoms. The average Bonchev–Trinajstić information content (AvgIpc) is 1.62. The van der Waals surface area contributed by atoms with Gasteiger partial charge in [0.15, 0.2) is 0 Å². The van der Waals surface area contributed by atoms with Crippen molar-refractivity contribution in [2.45, 2.75) is 182 Å². The summed E-state index contributed by atoms with van der Waals surface area (Å²) < 4.78 is 57.0. The van der Waals surface area contributed by atoms with Crippen LogP contribution in [0.5, 0.6) is 0 Å². The molecule has 608 valence electrons. The van der Waals surface area contributed by atoms with Gasteiger partial charge in [-0.2, -0.15) is 0 Å². The molecular formula is C96H112F4N12O4. The first-order chi connectivity index (χ1) is 55.7. The predicted octanol–water partition coefficient (Wildman–Crippen LogP) is 22.6. The zero-order valence-corrected chi connectivity index (χ0v) is 69.5. The van der Waals surface area contributed by atoms with Crippen LogP contribution in [0.25, 0.3) is 0 Å². The Morgan fingerprint density at radius 1 is 0.302 bits per heavy atom. The van der Waals surface area contributed by atoms with Crippen molar-refractivity contribution in [1.82, 2.24) is 0 Å². The molecule has 4 heterocycles. The van der Waals surface area contributed by atoms with Gasteiger partial charge in [0.25, 0.3) is 23.6 Å². The summed E-state index contributed by atoms with van der Waals surface area (Å²) in [6.07, 6.45) is 28.9. The van der Waals surface area contributed by atoms with E-state index in [4.69, 9.17) is 20.0 Å². The van der Waals surface area contributed by atoms with Crippen molar-refractivity contribution >= 4 is 115 Å². The molecule has 0 atom stereocenters. The third-order valence-electron chi connectivity index (χ3n) is 24.0. The van der Waals surface area contributed by atoms with Gasteiger partial charge >= 0.3 is 0 Å². The van der Waals surface area contributed by atoms with Gasteiger partial charge in [0.1, 0.15) is 28.8 Å². The van der Waals surface area contributed by atoms with Crippen LogP contribution in [-0.2, 0) is 25.7 Å². The third kappa shape index (κ3) is 19.8. The summed E-state index contributed by atoms with van der Waals surface area (Å²) in [5.41, 5.74) is 23.2. The first-order valence-corrected chi connectivity index (χ1v) is 41.7. The summed E-state index contributed by atoms with van der Waals surface area (Å²) in [7, 11) is 15.6. The topological polar surface area (TPSA) is 179 Å². The van der Waals surface area contributed by atoms with Crippen molar-refractivity contribution in [3.63, 3.8) is 0 Å². The second kappa shape index (κ2) is 37.0. The molecule has 8 aromatic carbocycles. The number of amides is 4. The van der Waals surface area contributed by atoms with Gasteiger partial charge in [-0.05, 0) is 239 Å². The highest BCUT2D eigenvalue weighted by Crippen LogP contribution is 2.46. The maximum Gasteiger partial charge on any atom is 0.261 e. The number of aryl methyl sites for hydroxylation is 4. The predicted molar refractivity (Wildman–Crippen MR) is 469 cm³/mol. The van der Waals surface area contributed by atoms with Crippen LogP contribution in [0.3, 0.4) is 0 Å². The van der Waals surface area contributed by atoms with E-state index >= 15 is 0 Å². The van der Waals surface area contributed by atoms with Crippen LogP contribution in [0, 0.1) is 74.6 Å². The minimum absolute atomic E-state index is 0.0483. The maximum atomic E-state index is 14.3. The van der Waals surface area contributed by atoms with Gasteiger partial charge in [0.2, 0.25) is 0 Å². The van der Waals surface area contributed by atoms with Crippen molar-refractivity contribution in [3.05, 3.63) is 211 Å². The molecule has 0 bridgehead atoms. The molecule has 20 heteroatoms. The molecule has 4 saturated carbocycles. The number of hydrogen-bond donors (Lipinski definition) is 4. The van der Waals surface area contributed by atoms with Gasteiger partial charge in [-0.25, -0.2) is 17.6 Å².